The number of rotatable bonds is 4. The van der Waals surface area contributed by atoms with Crippen molar-refractivity contribution in [3.63, 3.8) is 0 Å². The van der Waals surface area contributed by atoms with Crippen molar-refractivity contribution in [2.24, 2.45) is 0 Å². The topological polar surface area (TPSA) is 83.0 Å². The monoisotopic (exact) mass is 467 g/mol. The lowest BCUT2D eigenvalue weighted by atomic mass is 10.0. The van der Waals surface area contributed by atoms with Crippen LogP contribution < -0.4 is 4.31 Å². The van der Waals surface area contributed by atoms with Crippen molar-refractivity contribution in [2.75, 3.05) is 17.4 Å². The number of carbonyl (C=O) groups is 1. The van der Waals surface area contributed by atoms with Crippen LogP contribution in [0, 0.1) is 0 Å². The van der Waals surface area contributed by atoms with Crippen molar-refractivity contribution < 1.29 is 18.3 Å². The van der Waals surface area contributed by atoms with Crippen LogP contribution in [0.1, 0.15) is 40.0 Å². The Kier molecular flexibility index (Phi) is 7.29. The summed E-state index contributed by atoms with van der Waals surface area (Å²) in [7, 11) is 0. The molecule has 10 heteroatoms. The molecule has 26 heavy (non-hydrogen) atoms. The summed E-state index contributed by atoms with van der Waals surface area (Å²) in [5.74, 6) is 0. The van der Waals surface area contributed by atoms with Crippen LogP contribution in [-0.4, -0.2) is 49.5 Å². The number of piperidine rings is 1. The van der Waals surface area contributed by atoms with E-state index in [1.165, 1.54) is 10.5 Å². The molecule has 0 radical (unpaired) electrons. The minimum atomic E-state index is -2.31. The largest absolute Gasteiger partial charge is 0.444 e. The van der Waals surface area contributed by atoms with Crippen molar-refractivity contribution >= 4 is 50.6 Å². The van der Waals surface area contributed by atoms with E-state index in [2.05, 4.69) is 20.9 Å². The molecule has 1 aliphatic heterocycles. The third-order valence-corrected chi connectivity index (χ3v) is 5.32. The summed E-state index contributed by atoms with van der Waals surface area (Å²) in [5.41, 5.74) is -0.271. The van der Waals surface area contributed by atoms with Crippen LogP contribution in [0.25, 0.3) is 0 Å². The maximum atomic E-state index is 12.5. The number of ether oxygens (including phenoxy) is 1. The smallest absolute Gasteiger partial charge is 0.410 e. The molecule has 1 aromatic heterocycles. The summed E-state index contributed by atoms with van der Waals surface area (Å²) in [4.78, 5) is 18.2. The first-order valence-corrected chi connectivity index (χ1v) is 10.5. The Morgan fingerprint density at radius 1 is 1.54 bits per heavy atom. The number of halogens is 2. The molecule has 2 heterocycles. The van der Waals surface area contributed by atoms with Crippen molar-refractivity contribution in [2.45, 2.75) is 51.7 Å². The predicted molar refractivity (Wildman–Crippen MR) is 106 cm³/mol. The summed E-state index contributed by atoms with van der Waals surface area (Å²) in [6.45, 7) is 6.14. The minimum Gasteiger partial charge on any atom is -0.444 e. The molecular weight excluding hydrogens is 446 g/mol. The highest BCUT2D eigenvalue weighted by Gasteiger charge is 2.33. The number of amides is 1. The highest BCUT2D eigenvalue weighted by molar-refractivity contribution is 9.10. The van der Waals surface area contributed by atoms with Gasteiger partial charge in [0.2, 0.25) is 0 Å². The Labute approximate surface area is 169 Å². The van der Waals surface area contributed by atoms with Crippen LogP contribution in [0.15, 0.2) is 16.7 Å². The highest BCUT2D eigenvalue weighted by atomic mass is 79.9. The van der Waals surface area contributed by atoms with E-state index in [1.54, 1.807) is 11.0 Å². The Morgan fingerprint density at radius 2 is 2.23 bits per heavy atom. The molecule has 2 unspecified atom stereocenters. The predicted octanol–water partition coefficient (Wildman–Crippen LogP) is 4.23. The molecule has 1 N–H and O–H groups in total. The van der Waals surface area contributed by atoms with Crippen LogP contribution in [0.4, 0.5) is 10.5 Å². The number of hydrogen-bond acceptors (Lipinski definition) is 4. The van der Waals surface area contributed by atoms with Crippen LogP contribution in [0.3, 0.4) is 0 Å². The molecule has 2 rings (SSSR count). The molecule has 1 aliphatic rings. The number of carbonyl (C=O) groups excluding carboxylic acids is 1. The molecule has 1 fully saturated rings. The lowest BCUT2D eigenvalue weighted by Crippen LogP contribution is -2.51. The standard InChI is InChI=1S/C16H23BrClN3O4S/c1-16(2,3)25-15(22)20-7-5-4-6-12(20)10-21(26(23)24)13-8-11(17)9-19-14(13)18/h8-9,12H,4-7,10H2,1-3H3,(H,23,24). The van der Waals surface area contributed by atoms with Crippen LogP contribution in [0.2, 0.25) is 5.15 Å². The van der Waals surface area contributed by atoms with E-state index in [9.17, 15) is 13.6 Å². The van der Waals surface area contributed by atoms with E-state index >= 15 is 0 Å². The van der Waals surface area contributed by atoms with Gasteiger partial charge >= 0.3 is 6.09 Å². The SMILES string of the molecule is CC(C)(C)OC(=O)N1CCCCC1CN(c1cc(Br)cnc1Cl)S(=O)O. The van der Waals surface area contributed by atoms with Crippen molar-refractivity contribution in [3.8, 4) is 0 Å². The summed E-state index contributed by atoms with van der Waals surface area (Å²) in [6, 6.07) is 1.37. The quantitative estimate of drug-likeness (QED) is 0.528. The second-order valence-electron chi connectivity index (χ2n) is 7.08. The van der Waals surface area contributed by atoms with Gasteiger partial charge in [-0.3, -0.25) is 8.86 Å². The Balaban J connectivity index is 2.24. The fourth-order valence-electron chi connectivity index (χ4n) is 2.78. The lowest BCUT2D eigenvalue weighted by Gasteiger charge is -2.38. The Morgan fingerprint density at radius 3 is 2.85 bits per heavy atom. The number of likely N-dealkylation sites (tertiary alicyclic amines) is 1. The van der Waals surface area contributed by atoms with Gasteiger partial charge in [-0.05, 0) is 62.0 Å². The van der Waals surface area contributed by atoms with Crippen LogP contribution in [0.5, 0.6) is 0 Å². The maximum absolute atomic E-state index is 12.5. The van der Waals surface area contributed by atoms with Gasteiger partial charge in [0.15, 0.2) is 5.15 Å². The number of pyridine rings is 1. The first-order valence-electron chi connectivity index (χ1n) is 8.27. The van der Waals surface area contributed by atoms with Gasteiger partial charge in [0.25, 0.3) is 11.3 Å². The summed E-state index contributed by atoms with van der Waals surface area (Å²) < 4.78 is 29.1. The molecule has 2 atom stereocenters. The second-order valence-corrected chi connectivity index (χ2v) is 9.25. The van der Waals surface area contributed by atoms with Gasteiger partial charge in [-0.1, -0.05) is 11.6 Å². The first-order chi connectivity index (χ1) is 12.1. The third kappa shape index (κ3) is 5.80. The molecule has 1 aromatic rings. The summed E-state index contributed by atoms with van der Waals surface area (Å²) in [5, 5.41) is 0.121. The van der Waals surface area contributed by atoms with Crippen molar-refractivity contribution in [3.05, 3.63) is 21.9 Å². The summed E-state index contributed by atoms with van der Waals surface area (Å²) >= 11 is 7.10. The number of hydrogen-bond donors (Lipinski definition) is 1. The second kappa shape index (κ2) is 8.86. The molecular formula is C16H23BrClN3O4S. The Bertz CT molecular complexity index is 686. The third-order valence-electron chi connectivity index (χ3n) is 3.88. The molecule has 0 aliphatic carbocycles. The van der Waals surface area contributed by atoms with Crippen LogP contribution in [-0.2, 0) is 16.0 Å². The van der Waals surface area contributed by atoms with Crippen molar-refractivity contribution in [1.29, 1.82) is 0 Å². The molecule has 1 amide bonds. The van der Waals surface area contributed by atoms with E-state index in [1.807, 2.05) is 20.8 Å². The zero-order valence-electron chi connectivity index (χ0n) is 14.9. The zero-order chi connectivity index (χ0) is 19.5. The molecule has 0 saturated carbocycles. The lowest BCUT2D eigenvalue weighted by molar-refractivity contribution is 0.0110. The van der Waals surface area contributed by atoms with E-state index in [4.69, 9.17) is 16.3 Å². The van der Waals surface area contributed by atoms with Gasteiger partial charge in [-0.25, -0.2) is 14.0 Å². The van der Waals surface area contributed by atoms with E-state index in [0.29, 0.717) is 23.1 Å². The zero-order valence-corrected chi connectivity index (χ0v) is 18.1. The molecule has 0 spiro atoms. The number of aromatic nitrogens is 1. The normalized spacial score (nSPS) is 19.2. The summed E-state index contributed by atoms with van der Waals surface area (Å²) in [6.07, 6.45) is 3.62. The van der Waals surface area contributed by atoms with Gasteiger partial charge < -0.3 is 9.64 Å². The highest BCUT2D eigenvalue weighted by Crippen LogP contribution is 2.30. The van der Waals surface area contributed by atoms with Crippen LogP contribution >= 0.6 is 27.5 Å². The van der Waals surface area contributed by atoms with E-state index in [-0.39, 0.29) is 17.7 Å². The van der Waals surface area contributed by atoms with Gasteiger partial charge in [0, 0.05) is 17.2 Å². The average Bonchev–Trinajstić information content (AvgIpc) is 2.53. The molecule has 0 aromatic carbocycles. The van der Waals surface area contributed by atoms with E-state index < -0.39 is 23.0 Å². The molecule has 0 bridgehead atoms. The number of nitrogens with zero attached hydrogens (tertiary/aromatic N) is 3. The molecule has 7 nitrogen and oxygen atoms in total. The minimum absolute atomic E-state index is 0.121. The molecule has 1 saturated heterocycles. The van der Waals surface area contributed by atoms with Gasteiger partial charge in [-0.2, -0.15) is 0 Å². The molecule has 146 valence electrons. The van der Waals surface area contributed by atoms with Gasteiger partial charge in [0.1, 0.15) is 5.60 Å². The fraction of sp³-hybridized carbons (Fsp3) is 0.625. The first kappa shape index (κ1) is 21.4. The van der Waals surface area contributed by atoms with Crippen molar-refractivity contribution in [1.82, 2.24) is 9.88 Å². The van der Waals surface area contributed by atoms with Gasteiger partial charge in [0.05, 0.1) is 18.3 Å². The average molecular weight is 469 g/mol. The number of anilines is 1. The van der Waals surface area contributed by atoms with Gasteiger partial charge in [-0.15, -0.1) is 0 Å². The maximum Gasteiger partial charge on any atom is 0.410 e. The van der Waals surface area contributed by atoms with E-state index in [0.717, 1.165) is 12.8 Å². The fourth-order valence-corrected chi connectivity index (χ4v) is 3.96. The Hall–Kier alpha value is -0.900.